The molecule has 0 fully saturated rings. The summed E-state index contributed by atoms with van der Waals surface area (Å²) in [5, 5.41) is 36.3. The van der Waals surface area contributed by atoms with E-state index in [4.69, 9.17) is 46.0 Å². The molecule has 3 rings (SSSR count). The van der Waals surface area contributed by atoms with E-state index in [-0.39, 0.29) is 38.7 Å². The minimum absolute atomic E-state index is 0.0211. The Labute approximate surface area is 245 Å². The molecule has 0 unspecified atom stereocenters. The van der Waals surface area contributed by atoms with Crippen molar-refractivity contribution < 1.29 is 47.4 Å². The van der Waals surface area contributed by atoms with Crippen LogP contribution in [0.25, 0.3) is 22.8 Å². The Morgan fingerprint density at radius 2 is 1.71 bits per heavy atom. The number of benzene rings is 1. The molecule has 0 aliphatic heterocycles. The number of rotatable bonds is 9. The summed E-state index contributed by atoms with van der Waals surface area (Å²) < 4.78 is 40.9. The first kappa shape index (κ1) is 32.5. The van der Waals surface area contributed by atoms with Crippen LogP contribution in [0.1, 0.15) is 52.8 Å². The van der Waals surface area contributed by atoms with Gasteiger partial charge in [-0.25, -0.2) is 9.09 Å². The molecule has 0 spiro atoms. The SMILES string of the molecule is Cc1c(Cl)c(C)[n+](O)c(Cl)c1-c1noc(-c2cc(OCOP(=O)(OC(C)(C)C)OC(C)(C)C)c(O)c([N+](=O)[O-])c2)n1. The highest BCUT2D eigenvalue weighted by atomic mass is 35.5. The Balaban J connectivity index is 1.98. The molecule has 224 valence electrons. The first-order chi connectivity index (χ1) is 18.7. The molecule has 14 nitrogen and oxygen atoms in total. The second-order valence-electron chi connectivity index (χ2n) is 10.8. The van der Waals surface area contributed by atoms with Crippen molar-refractivity contribution >= 4 is 36.7 Å². The van der Waals surface area contributed by atoms with Crippen LogP contribution in [0.4, 0.5) is 5.69 Å². The molecule has 0 aliphatic carbocycles. The van der Waals surface area contributed by atoms with Gasteiger partial charge in [0.15, 0.2) is 5.75 Å². The van der Waals surface area contributed by atoms with E-state index in [0.29, 0.717) is 10.3 Å². The topological polar surface area (TPSA) is 180 Å². The number of ether oxygens (including phenoxy) is 1. The predicted molar refractivity (Wildman–Crippen MR) is 146 cm³/mol. The normalized spacial score (nSPS) is 12.5. The molecule has 0 amide bonds. The third kappa shape index (κ3) is 7.64. The molecule has 41 heavy (non-hydrogen) atoms. The van der Waals surface area contributed by atoms with E-state index in [1.807, 2.05) is 0 Å². The van der Waals surface area contributed by atoms with E-state index in [1.165, 1.54) is 6.07 Å². The maximum Gasteiger partial charge on any atom is 0.478 e. The number of phenols is 1. The zero-order valence-corrected chi connectivity index (χ0v) is 25.9. The Morgan fingerprint density at radius 3 is 2.24 bits per heavy atom. The number of nitro groups is 1. The summed E-state index contributed by atoms with van der Waals surface area (Å²) >= 11 is 12.6. The van der Waals surface area contributed by atoms with E-state index in [2.05, 4.69) is 10.1 Å². The summed E-state index contributed by atoms with van der Waals surface area (Å²) in [5.41, 5.74) is -1.73. The van der Waals surface area contributed by atoms with Gasteiger partial charge in [-0.2, -0.15) is 4.98 Å². The summed E-state index contributed by atoms with van der Waals surface area (Å²) in [4.78, 5) is 15.1. The molecule has 2 heterocycles. The summed E-state index contributed by atoms with van der Waals surface area (Å²) in [6, 6.07) is 2.16. The quantitative estimate of drug-likeness (QED) is 0.0492. The maximum atomic E-state index is 13.3. The third-order valence-electron chi connectivity index (χ3n) is 5.08. The average molecular weight is 636 g/mol. The van der Waals surface area contributed by atoms with Crippen LogP contribution in [0.3, 0.4) is 0 Å². The zero-order chi connectivity index (χ0) is 31.1. The smallest absolute Gasteiger partial charge is 0.478 e. The lowest BCUT2D eigenvalue weighted by atomic mass is 10.1. The van der Waals surface area contributed by atoms with Gasteiger partial charge in [-0.15, -0.1) is 0 Å². The second kappa shape index (κ2) is 11.7. The zero-order valence-electron chi connectivity index (χ0n) is 23.5. The molecule has 0 bridgehead atoms. The van der Waals surface area contributed by atoms with Gasteiger partial charge in [0.2, 0.25) is 18.4 Å². The fraction of sp³-hybridized carbons (Fsp3) is 0.458. The first-order valence-corrected chi connectivity index (χ1v) is 14.2. The van der Waals surface area contributed by atoms with Crippen molar-refractivity contribution in [2.75, 3.05) is 6.79 Å². The Hall–Kier alpha value is -3.00. The van der Waals surface area contributed by atoms with Gasteiger partial charge in [0, 0.05) is 17.7 Å². The fourth-order valence-electron chi connectivity index (χ4n) is 3.45. The highest BCUT2D eigenvalue weighted by Gasteiger charge is 2.38. The molecular weight excluding hydrogens is 606 g/mol. The lowest BCUT2D eigenvalue weighted by Gasteiger charge is -2.30. The van der Waals surface area contributed by atoms with Crippen LogP contribution < -0.4 is 9.47 Å². The number of nitrogens with zero attached hydrogens (tertiary/aromatic N) is 4. The van der Waals surface area contributed by atoms with Gasteiger partial charge in [-0.05, 0) is 71.7 Å². The fourth-order valence-corrected chi connectivity index (χ4v) is 5.64. The molecule has 0 radical (unpaired) electrons. The number of aromatic hydroxyl groups is 1. The van der Waals surface area contributed by atoms with Crippen LogP contribution in [0, 0.1) is 24.0 Å². The lowest BCUT2D eigenvalue weighted by molar-refractivity contribution is -0.906. The Kier molecular flexibility index (Phi) is 9.28. The summed E-state index contributed by atoms with van der Waals surface area (Å²) in [6.07, 6.45) is 0. The van der Waals surface area contributed by atoms with E-state index >= 15 is 0 Å². The second-order valence-corrected chi connectivity index (χ2v) is 13.0. The van der Waals surface area contributed by atoms with Crippen molar-refractivity contribution in [3.05, 3.63) is 43.7 Å². The number of hydrogen-bond donors (Lipinski definition) is 2. The minimum atomic E-state index is -4.19. The lowest BCUT2D eigenvalue weighted by Crippen LogP contribution is -2.36. The van der Waals surface area contributed by atoms with Gasteiger partial charge in [0.1, 0.15) is 10.6 Å². The van der Waals surface area contributed by atoms with E-state index in [9.17, 15) is 25.0 Å². The standard InChI is InChI=1S/C24H29Cl2N4O10P/c1-12-17(20(26)29(32)13(2)18(12)25)21-27-22(38-28-21)14-9-15(30(33)34)19(31)16(10-14)36-11-37-41(35,39-23(3,4)5)40-24(6,7)8/h9-10H,11H2,1-8H3,(H-,27,28,31,32)/p+1. The Bertz CT molecular complexity index is 1480. The molecule has 0 atom stereocenters. The monoisotopic (exact) mass is 635 g/mol. The first-order valence-electron chi connectivity index (χ1n) is 12.0. The minimum Gasteiger partial charge on any atom is -0.500 e. The predicted octanol–water partition coefficient (Wildman–Crippen LogP) is 6.56. The van der Waals surface area contributed by atoms with Crippen LogP contribution in [0.15, 0.2) is 16.7 Å². The van der Waals surface area contributed by atoms with Crippen molar-refractivity contribution in [2.45, 2.75) is 66.6 Å². The molecule has 17 heteroatoms. The average Bonchev–Trinajstić information content (AvgIpc) is 3.29. The number of phosphoric acid groups is 1. The molecule has 2 N–H and O–H groups in total. The summed E-state index contributed by atoms with van der Waals surface area (Å²) in [6.45, 7) is 12.3. The van der Waals surface area contributed by atoms with Gasteiger partial charge >= 0.3 is 18.7 Å². The summed E-state index contributed by atoms with van der Waals surface area (Å²) in [7, 11) is -4.19. The molecule has 1 aromatic carbocycles. The van der Waals surface area contributed by atoms with Crippen LogP contribution in [-0.4, -0.2) is 43.4 Å². The highest BCUT2D eigenvalue weighted by molar-refractivity contribution is 7.48. The van der Waals surface area contributed by atoms with E-state index in [0.717, 1.165) is 6.07 Å². The number of phosphoric ester groups is 1. The molecule has 2 aromatic heterocycles. The van der Waals surface area contributed by atoms with Gasteiger partial charge < -0.3 is 14.4 Å². The van der Waals surface area contributed by atoms with Crippen molar-refractivity contribution in [3.8, 4) is 34.3 Å². The van der Waals surface area contributed by atoms with Crippen LogP contribution in [0.2, 0.25) is 10.2 Å². The van der Waals surface area contributed by atoms with Crippen LogP contribution in [0.5, 0.6) is 11.5 Å². The molecule has 0 saturated heterocycles. The number of hydrogen-bond acceptors (Lipinski definition) is 12. The summed E-state index contributed by atoms with van der Waals surface area (Å²) in [5.74, 6) is -1.56. The van der Waals surface area contributed by atoms with Crippen molar-refractivity contribution in [1.29, 1.82) is 0 Å². The van der Waals surface area contributed by atoms with Gasteiger partial charge in [-0.3, -0.25) is 24.4 Å². The maximum absolute atomic E-state index is 13.3. The number of aromatic nitrogens is 3. The molecule has 3 aromatic rings. The molecule has 0 aliphatic rings. The highest BCUT2D eigenvalue weighted by Crippen LogP contribution is 2.55. The Morgan fingerprint density at radius 1 is 1.12 bits per heavy atom. The number of halogens is 2. The van der Waals surface area contributed by atoms with E-state index < -0.39 is 47.9 Å². The van der Waals surface area contributed by atoms with Crippen molar-refractivity contribution in [3.63, 3.8) is 0 Å². The molecular formula is C24H30Cl2N4O10P+. The van der Waals surface area contributed by atoms with Gasteiger partial charge in [0.25, 0.3) is 11.6 Å². The van der Waals surface area contributed by atoms with Crippen molar-refractivity contribution in [2.24, 2.45) is 0 Å². The van der Waals surface area contributed by atoms with Crippen molar-refractivity contribution in [1.82, 2.24) is 10.1 Å². The largest absolute Gasteiger partial charge is 0.500 e. The van der Waals surface area contributed by atoms with Crippen LogP contribution >= 0.6 is 31.0 Å². The number of phenolic OH excluding ortho intramolecular Hbond substituents is 1. The number of pyridine rings is 1. The van der Waals surface area contributed by atoms with Gasteiger partial charge in [0.05, 0.1) is 21.7 Å². The molecule has 0 saturated carbocycles. The third-order valence-corrected chi connectivity index (χ3v) is 7.95. The van der Waals surface area contributed by atoms with E-state index in [1.54, 1.807) is 55.4 Å². The number of nitro benzene ring substituents is 1. The van der Waals surface area contributed by atoms with Crippen LogP contribution in [-0.2, 0) is 18.1 Å². The van der Waals surface area contributed by atoms with Gasteiger partial charge in [-0.1, -0.05) is 16.8 Å².